The highest BCUT2D eigenvalue weighted by Gasteiger charge is 2.53. The molecule has 2 aliphatic carbocycles. The van der Waals surface area contributed by atoms with E-state index in [1.165, 1.54) is 80.9 Å². The number of ether oxygens (including phenoxy) is 2. The van der Waals surface area contributed by atoms with E-state index in [-0.39, 0.29) is 0 Å². The van der Waals surface area contributed by atoms with Crippen molar-refractivity contribution in [2.75, 3.05) is 4.90 Å². The van der Waals surface area contributed by atoms with Gasteiger partial charge in [-0.3, -0.25) is 0 Å². The first-order valence-electron chi connectivity index (χ1n) is 24.6. The summed E-state index contributed by atoms with van der Waals surface area (Å²) in [6.07, 6.45) is 0. The van der Waals surface area contributed by atoms with Gasteiger partial charge in [0.25, 0.3) is 0 Å². The lowest BCUT2D eigenvalue weighted by atomic mass is 9.70. The Morgan fingerprint density at radius 1 is 0.361 bits per heavy atom. The molecule has 0 atom stereocenters. The lowest BCUT2D eigenvalue weighted by molar-refractivity contribution is 0.360. The number of para-hydroxylation sites is 2. The minimum Gasteiger partial charge on any atom is -0.449 e. The van der Waals surface area contributed by atoms with E-state index in [0.29, 0.717) is 17.2 Å². The number of hydrogen-bond donors (Lipinski definition) is 0. The minimum atomic E-state index is -0.493. The van der Waals surface area contributed by atoms with Crippen LogP contribution in [0.3, 0.4) is 0 Å². The van der Waals surface area contributed by atoms with Gasteiger partial charge in [-0.05, 0) is 129 Å². The highest BCUT2D eigenvalue weighted by Crippen LogP contribution is 2.66. The third kappa shape index (κ3) is 5.46. The van der Waals surface area contributed by atoms with Crippen molar-refractivity contribution in [3.63, 3.8) is 0 Å². The molecule has 1 aliphatic heterocycles. The molecule has 0 saturated carbocycles. The van der Waals surface area contributed by atoms with Crippen LogP contribution in [-0.4, -0.2) is 4.57 Å². The van der Waals surface area contributed by atoms with Gasteiger partial charge in [0, 0.05) is 59.6 Å². The fraction of sp³-hybridized carbons (Fsp3) is 0.0149. The molecule has 3 heterocycles. The molecule has 4 nitrogen and oxygen atoms in total. The SMILES string of the molecule is c1cc(N(c2ccc(-c3ccc4sc5ccccc5c4c3)cc2)c2ccc3c(c2)Oc2c(ccc4c2-c2ccccc2C42c4ccccc4-c4ccccc42)O3)cc(-n2c3ccccc3c3ccccc32)c1. The van der Waals surface area contributed by atoms with Crippen molar-refractivity contribution in [1.29, 1.82) is 0 Å². The number of aromatic nitrogens is 1. The highest BCUT2D eigenvalue weighted by molar-refractivity contribution is 7.25. The summed E-state index contributed by atoms with van der Waals surface area (Å²) in [7, 11) is 0. The molecule has 0 bridgehead atoms. The van der Waals surface area contributed by atoms with Gasteiger partial charge in [-0.25, -0.2) is 0 Å². The smallest absolute Gasteiger partial charge is 0.178 e. The second kappa shape index (κ2) is 14.9. The van der Waals surface area contributed by atoms with Gasteiger partial charge in [0.05, 0.1) is 22.1 Å². The van der Waals surface area contributed by atoms with Gasteiger partial charge < -0.3 is 18.9 Å². The molecular formula is C67H40N2O2S. The number of anilines is 3. The predicted molar refractivity (Wildman–Crippen MR) is 297 cm³/mol. The molecule has 2 aromatic heterocycles. The Morgan fingerprint density at radius 2 is 0.944 bits per heavy atom. The molecule has 5 heteroatoms. The van der Waals surface area contributed by atoms with Gasteiger partial charge in [0.1, 0.15) is 0 Å². The Morgan fingerprint density at radius 3 is 1.69 bits per heavy atom. The van der Waals surface area contributed by atoms with Gasteiger partial charge in [-0.1, -0.05) is 158 Å². The van der Waals surface area contributed by atoms with E-state index < -0.39 is 5.41 Å². The van der Waals surface area contributed by atoms with E-state index in [1.807, 2.05) is 11.3 Å². The summed E-state index contributed by atoms with van der Waals surface area (Å²) in [5, 5.41) is 5.05. The van der Waals surface area contributed by atoms with Crippen molar-refractivity contribution in [3.05, 3.63) is 265 Å². The summed E-state index contributed by atoms with van der Waals surface area (Å²) in [6.45, 7) is 0. The van der Waals surface area contributed by atoms with Crippen molar-refractivity contribution < 1.29 is 9.47 Å². The zero-order valence-electron chi connectivity index (χ0n) is 38.7. The minimum absolute atomic E-state index is 0.493. The number of hydrogen-bond acceptors (Lipinski definition) is 4. The van der Waals surface area contributed by atoms with Crippen molar-refractivity contribution >= 4 is 70.4 Å². The number of thiophene rings is 1. The van der Waals surface area contributed by atoms with Crippen LogP contribution in [0.25, 0.3) is 81.0 Å². The lowest BCUT2D eigenvalue weighted by Crippen LogP contribution is -2.25. The summed E-state index contributed by atoms with van der Waals surface area (Å²) >= 11 is 1.85. The van der Waals surface area contributed by atoms with E-state index in [1.54, 1.807) is 0 Å². The van der Waals surface area contributed by atoms with E-state index in [2.05, 4.69) is 252 Å². The zero-order chi connectivity index (χ0) is 47.1. The van der Waals surface area contributed by atoms with Crippen molar-refractivity contribution in [2.45, 2.75) is 5.41 Å². The number of fused-ring (bicyclic) bond motifs is 19. The summed E-state index contributed by atoms with van der Waals surface area (Å²) in [5.74, 6) is 2.79. The van der Waals surface area contributed by atoms with E-state index in [4.69, 9.17) is 9.47 Å². The molecule has 0 saturated heterocycles. The fourth-order valence-electron chi connectivity index (χ4n) is 12.5. The van der Waals surface area contributed by atoms with Gasteiger partial charge in [0.2, 0.25) is 0 Å². The fourth-order valence-corrected chi connectivity index (χ4v) is 13.6. The van der Waals surface area contributed by atoms with Crippen LogP contribution in [0.2, 0.25) is 0 Å². The van der Waals surface area contributed by atoms with Crippen LogP contribution in [-0.2, 0) is 5.41 Å². The first-order valence-corrected chi connectivity index (χ1v) is 25.4. The standard InChI is InChI=1S/C67H40N2O2S/c1-7-22-54-47(16-1)48-17-2-8-23-55(48)67(54)56-24-9-3-21-52(56)65-57(67)34-36-61-66(65)71-62-40-46(33-35-60(62)70-61)68(43-31-28-41(29-32-43)42-30-37-64-53(38-42)51-20-6-12-27-63(51)72-64)44-14-13-15-45(39-44)69-58-25-10-4-18-49(58)50-19-5-11-26-59(50)69/h1-40H. The van der Waals surface area contributed by atoms with Crippen molar-refractivity contribution in [2.24, 2.45) is 0 Å². The predicted octanol–water partition coefficient (Wildman–Crippen LogP) is 18.5. The molecule has 13 aromatic rings. The van der Waals surface area contributed by atoms with Crippen LogP contribution >= 0.6 is 11.3 Å². The maximum Gasteiger partial charge on any atom is 0.178 e. The zero-order valence-corrected chi connectivity index (χ0v) is 39.5. The quantitative estimate of drug-likeness (QED) is 0.172. The van der Waals surface area contributed by atoms with Crippen LogP contribution < -0.4 is 14.4 Å². The average molecular weight is 937 g/mol. The normalized spacial score (nSPS) is 13.3. The van der Waals surface area contributed by atoms with E-state index in [0.717, 1.165) is 45.2 Å². The number of benzene rings is 11. The Hall–Kier alpha value is -9.16. The van der Waals surface area contributed by atoms with Crippen LogP contribution in [0.5, 0.6) is 23.0 Å². The molecule has 11 aromatic carbocycles. The molecule has 72 heavy (non-hydrogen) atoms. The van der Waals surface area contributed by atoms with Crippen molar-refractivity contribution in [3.8, 4) is 62.1 Å². The maximum absolute atomic E-state index is 7.28. The largest absolute Gasteiger partial charge is 0.449 e. The average Bonchev–Trinajstić information content (AvgIpc) is 4.17. The van der Waals surface area contributed by atoms with Crippen LogP contribution in [0.1, 0.15) is 22.3 Å². The molecule has 0 N–H and O–H groups in total. The summed E-state index contributed by atoms with van der Waals surface area (Å²) in [5.41, 5.74) is 18.1. The van der Waals surface area contributed by atoms with E-state index in [9.17, 15) is 0 Å². The van der Waals surface area contributed by atoms with E-state index >= 15 is 0 Å². The monoisotopic (exact) mass is 936 g/mol. The molecule has 0 unspecified atom stereocenters. The Bertz CT molecular complexity index is 4330. The molecule has 0 amide bonds. The highest BCUT2D eigenvalue weighted by atomic mass is 32.1. The van der Waals surface area contributed by atoms with Gasteiger partial charge in [-0.2, -0.15) is 0 Å². The second-order valence-electron chi connectivity index (χ2n) is 19.1. The molecule has 16 rings (SSSR count). The summed E-state index contributed by atoms with van der Waals surface area (Å²) < 4.78 is 19.1. The Balaban J connectivity index is 0.849. The van der Waals surface area contributed by atoms with Crippen LogP contribution in [0.15, 0.2) is 243 Å². The molecule has 0 radical (unpaired) electrons. The molecular weight excluding hydrogens is 897 g/mol. The molecule has 1 spiro atoms. The first-order chi connectivity index (χ1) is 35.7. The van der Waals surface area contributed by atoms with Gasteiger partial charge in [0.15, 0.2) is 23.0 Å². The molecule has 336 valence electrons. The number of nitrogens with zero attached hydrogens (tertiary/aromatic N) is 2. The van der Waals surface area contributed by atoms with Gasteiger partial charge in [-0.15, -0.1) is 11.3 Å². The Labute approximate surface area is 419 Å². The third-order valence-electron chi connectivity index (χ3n) is 15.5. The van der Waals surface area contributed by atoms with Crippen LogP contribution in [0, 0.1) is 0 Å². The topological polar surface area (TPSA) is 26.6 Å². The third-order valence-corrected chi connectivity index (χ3v) is 16.6. The second-order valence-corrected chi connectivity index (χ2v) is 20.2. The van der Waals surface area contributed by atoms with Crippen molar-refractivity contribution in [1.82, 2.24) is 4.57 Å². The summed E-state index contributed by atoms with van der Waals surface area (Å²) in [6, 6.07) is 88.2. The maximum atomic E-state index is 7.28. The van der Waals surface area contributed by atoms with Gasteiger partial charge >= 0.3 is 0 Å². The first kappa shape index (κ1) is 39.7. The molecule has 0 fully saturated rings. The lowest BCUT2D eigenvalue weighted by Gasteiger charge is -2.31. The van der Waals surface area contributed by atoms with Crippen LogP contribution in [0.4, 0.5) is 17.1 Å². The number of rotatable bonds is 5. The Kier molecular flexibility index (Phi) is 8.22. The summed E-state index contributed by atoms with van der Waals surface area (Å²) in [4.78, 5) is 2.34. The molecule has 3 aliphatic rings.